The summed E-state index contributed by atoms with van der Waals surface area (Å²) < 4.78 is 5.40. The van der Waals surface area contributed by atoms with Crippen LogP contribution in [0.5, 0.6) is 0 Å². The number of hydrogen-bond acceptors (Lipinski definition) is 5. The molecule has 0 atom stereocenters. The average molecular weight is 195 g/mol. The minimum absolute atomic E-state index is 0.402. The molecule has 5 heteroatoms. The lowest BCUT2D eigenvalue weighted by Gasteiger charge is -1.89. The van der Waals surface area contributed by atoms with Crippen LogP contribution in [0.1, 0.15) is 5.76 Å². The van der Waals surface area contributed by atoms with Gasteiger partial charge in [0.25, 0.3) is 0 Å². The van der Waals surface area contributed by atoms with Crippen LogP contribution in [0.15, 0.2) is 21.9 Å². The Kier molecular flexibility index (Phi) is 2.03. The second-order valence-electron chi connectivity index (χ2n) is 2.54. The number of nitrogens with zero attached hydrogens (tertiary/aromatic N) is 1. The van der Waals surface area contributed by atoms with E-state index in [0.717, 1.165) is 11.5 Å². The molecule has 4 N–H and O–H groups in total. The number of hydrogen-bond donors (Lipinski definition) is 2. The number of nitrogens with two attached hydrogens (primary N) is 2. The van der Waals surface area contributed by atoms with Gasteiger partial charge >= 0.3 is 0 Å². The Morgan fingerprint density at radius 3 is 2.85 bits per heavy atom. The normalized spacial score (nSPS) is 10.5. The zero-order valence-corrected chi connectivity index (χ0v) is 7.67. The van der Waals surface area contributed by atoms with Crippen molar-refractivity contribution in [2.45, 2.75) is 6.54 Å². The molecule has 0 aliphatic carbocycles. The second kappa shape index (κ2) is 3.20. The summed E-state index contributed by atoms with van der Waals surface area (Å²) in [7, 11) is 0. The molecule has 0 amide bonds. The monoisotopic (exact) mass is 195 g/mol. The fourth-order valence-electron chi connectivity index (χ4n) is 1.03. The Morgan fingerprint density at radius 1 is 1.46 bits per heavy atom. The standard InChI is InChI=1S/C8H9N3OS/c9-3-5-1-2-7(12-5)6-4-13-8(10)11-6/h1-2,4H,3,9H2,(H2,10,11). The van der Waals surface area contributed by atoms with Gasteiger partial charge in [0.15, 0.2) is 10.9 Å². The van der Waals surface area contributed by atoms with Gasteiger partial charge in [0.1, 0.15) is 11.5 Å². The predicted octanol–water partition coefficient (Wildman–Crippen LogP) is 1.44. The summed E-state index contributed by atoms with van der Waals surface area (Å²) in [6.07, 6.45) is 0. The van der Waals surface area contributed by atoms with Gasteiger partial charge in [0.2, 0.25) is 0 Å². The molecule has 0 saturated heterocycles. The van der Waals surface area contributed by atoms with Gasteiger partial charge in [-0.25, -0.2) is 4.98 Å². The summed E-state index contributed by atoms with van der Waals surface area (Å²) in [6, 6.07) is 3.68. The van der Waals surface area contributed by atoms with Crippen LogP contribution in [0.2, 0.25) is 0 Å². The fraction of sp³-hybridized carbons (Fsp3) is 0.125. The van der Waals surface area contributed by atoms with Crippen LogP contribution in [0.3, 0.4) is 0 Å². The molecule has 0 bridgehead atoms. The van der Waals surface area contributed by atoms with Gasteiger partial charge in [-0.2, -0.15) is 0 Å². The average Bonchev–Trinajstić information content (AvgIpc) is 2.71. The third-order valence-corrected chi connectivity index (χ3v) is 2.31. The lowest BCUT2D eigenvalue weighted by atomic mass is 10.3. The van der Waals surface area contributed by atoms with E-state index in [9.17, 15) is 0 Å². The number of aromatic nitrogens is 1. The summed E-state index contributed by atoms with van der Waals surface area (Å²) in [5, 5.41) is 2.40. The van der Waals surface area contributed by atoms with E-state index < -0.39 is 0 Å². The molecule has 0 aliphatic heterocycles. The molecule has 0 unspecified atom stereocenters. The number of rotatable bonds is 2. The molecule has 13 heavy (non-hydrogen) atoms. The molecule has 0 aromatic carbocycles. The van der Waals surface area contributed by atoms with Crippen molar-refractivity contribution in [2.75, 3.05) is 5.73 Å². The van der Waals surface area contributed by atoms with Crippen LogP contribution >= 0.6 is 11.3 Å². The van der Waals surface area contributed by atoms with Gasteiger partial charge in [0.05, 0.1) is 6.54 Å². The molecule has 68 valence electrons. The Hall–Kier alpha value is -1.33. The Bertz CT molecular complexity index is 407. The third kappa shape index (κ3) is 1.56. The molecule has 0 saturated carbocycles. The van der Waals surface area contributed by atoms with Crippen molar-refractivity contribution < 1.29 is 4.42 Å². The maximum absolute atomic E-state index is 5.50. The van der Waals surface area contributed by atoms with E-state index in [-0.39, 0.29) is 0 Å². The molecule has 0 radical (unpaired) electrons. The highest BCUT2D eigenvalue weighted by molar-refractivity contribution is 7.13. The highest BCUT2D eigenvalue weighted by Crippen LogP contribution is 2.24. The maximum Gasteiger partial charge on any atom is 0.180 e. The van der Waals surface area contributed by atoms with Crippen molar-refractivity contribution in [3.8, 4) is 11.5 Å². The predicted molar refractivity (Wildman–Crippen MR) is 52.1 cm³/mol. The van der Waals surface area contributed by atoms with Gasteiger partial charge in [-0.3, -0.25) is 0 Å². The van der Waals surface area contributed by atoms with Crippen molar-refractivity contribution in [3.05, 3.63) is 23.3 Å². The summed E-state index contributed by atoms with van der Waals surface area (Å²) in [5.41, 5.74) is 11.7. The van der Waals surface area contributed by atoms with E-state index in [1.165, 1.54) is 11.3 Å². The van der Waals surface area contributed by atoms with Gasteiger partial charge in [-0.15, -0.1) is 11.3 Å². The second-order valence-corrected chi connectivity index (χ2v) is 3.43. The largest absolute Gasteiger partial charge is 0.458 e. The van der Waals surface area contributed by atoms with Crippen LogP contribution in [0.25, 0.3) is 11.5 Å². The van der Waals surface area contributed by atoms with Crippen molar-refractivity contribution in [1.29, 1.82) is 0 Å². The quantitative estimate of drug-likeness (QED) is 0.760. The first-order chi connectivity index (χ1) is 6.29. The molecule has 2 heterocycles. The lowest BCUT2D eigenvalue weighted by molar-refractivity contribution is 0.524. The van der Waals surface area contributed by atoms with Crippen LogP contribution in [0, 0.1) is 0 Å². The first-order valence-corrected chi connectivity index (χ1v) is 4.67. The van der Waals surface area contributed by atoms with Crippen LogP contribution in [-0.4, -0.2) is 4.98 Å². The van der Waals surface area contributed by atoms with Gasteiger partial charge < -0.3 is 15.9 Å². The number of anilines is 1. The molecular weight excluding hydrogens is 186 g/mol. The van der Waals surface area contributed by atoms with Gasteiger partial charge in [0, 0.05) is 5.38 Å². The van der Waals surface area contributed by atoms with E-state index in [1.54, 1.807) is 0 Å². The highest BCUT2D eigenvalue weighted by Gasteiger charge is 2.06. The topological polar surface area (TPSA) is 78.1 Å². The lowest BCUT2D eigenvalue weighted by Crippen LogP contribution is -1.92. The van der Waals surface area contributed by atoms with Crippen LogP contribution in [-0.2, 0) is 6.54 Å². The molecule has 0 aliphatic rings. The molecule has 2 aromatic heterocycles. The number of thiazole rings is 1. The number of nitrogen functional groups attached to an aromatic ring is 1. The molecule has 0 fully saturated rings. The minimum Gasteiger partial charge on any atom is -0.458 e. The highest BCUT2D eigenvalue weighted by atomic mass is 32.1. The van der Waals surface area contributed by atoms with Crippen LogP contribution < -0.4 is 11.5 Å². The molecule has 0 spiro atoms. The summed E-state index contributed by atoms with van der Waals surface area (Å²) in [5.74, 6) is 1.47. The van der Waals surface area contributed by atoms with E-state index >= 15 is 0 Å². The third-order valence-electron chi connectivity index (χ3n) is 1.64. The minimum atomic E-state index is 0.402. The summed E-state index contributed by atoms with van der Waals surface area (Å²) in [4.78, 5) is 4.09. The summed E-state index contributed by atoms with van der Waals surface area (Å²) in [6.45, 7) is 0.402. The van der Waals surface area contributed by atoms with E-state index in [2.05, 4.69) is 4.98 Å². The maximum atomic E-state index is 5.50. The van der Waals surface area contributed by atoms with Gasteiger partial charge in [-0.1, -0.05) is 0 Å². The molecule has 4 nitrogen and oxygen atoms in total. The first kappa shape index (κ1) is 8.28. The Labute approximate surface area is 79.2 Å². The smallest absolute Gasteiger partial charge is 0.180 e. The van der Waals surface area contributed by atoms with Gasteiger partial charge in [-0.05, 0) is 12.1 Å². The van der Waals surface area contributed by atoms with Crippen LogP contribution in [0.4, 0.5) is 5.13 Å². The zero-order chi connectivity index (χ0) is 9.26. The SMILES string of the molecule is NCc1ccc(-c2csc(N)n2)o1. The zero-order valence-electron chi connectivity index (χ0n) is 6.86. The van der Waals surface area contributed by atoms with Crippen molar-refractivity contribution in [3.63, 3.8) is 0 Å². The molecule has 2 rings (SSSR count). The fourth-order valence-corrected chi connectivity index (χ4v) is 1.58. The molecular formula is C8H9N3OS. The van der Waals surface area contributed by atoms with Crippen molar-refractivity contribution in [2.24, 2.45) is 5.73 Å². The molecule has 2 aromatic rings. The Balaban J connectivity index is 2.35. The number of furan rings is 1. The summed E-state index contributed by atoms with van der Waals surface area (Å²) >= 11 is 1.39. The van der Waals surface area contributed by atoms with E-state index in [0.29, 0.717) is 17.4 Å². The first-order valence-electron chi connectivity index (χ1n) is 3.80. The Morgan fingerprint density at radius 2 is 2.31 bits per heavy atom. The van der Waals surface area contributed by atoms with E-state index in [1.807, 2.05) is 17.5 Å². The van der Waals surface area contributed by atoms with E-state index in [4.69, 9.17) is 15.9 Å². The van der Waals surface area contributed by atoms with Crippen molar-refractivity contribution in [1.82, 2.24) is 4.98 Å². The van der Waals surface area contributed by atoms with Crippen molar-refractivity contribution >= 4 is 16.5 Å².